The van der Waals surface area contributed by atoms with E-state index in [-0.39, 0.29) is 5.69 Å². The fraction of sp³-hybridized carbons (Fsp3) is 0.100. The van der Waals surface area contributed by atoms with Gasteiger partial charge in [-0.1, -0.05) is 23.2 Å². The minimum Gasteiger partial charge on any atom is -0.595 e. The monoisotopic (exact) mass is 472 g/mol. The molecule has 3 aromatic heterocycles. The molecule has 32 heavy (non-hydrogen) atoms. The molecule has 1 atom stereocenters. The van der Waals surface area contributed by atoms with Gasteiger partial charge in [-0.05, 0) is 24.3 Å². The Morgan fingerprint density at radius 1 is 1.00 bits per heavy atom. The molecule has 0 aliphatic heterocycles. The van der Waals surface area contributed by atoms with E-state index in [1.165, 1.54) is 12.3 Å². The minimum atomic E-state index is -1.02. The molecule has 0 spiro atoms. The van der Waals surface area contributed by atoms with Crippen LogP contribution in [0.15, 0.2) is 55.1 Å². The second-order valence-corrected chi connectivity index (χ2v) is 7.45. The molecule has 10 nitrogen and oxygen atoms in total. The van der Waals surface area contributed by atoms with Crippen LogP contribution in [0.4, 0.5) is 17.5 Å². The van der Waals surface area contributed by atoms with Crippen LogP contribution in [0.2, 0.25) is 10.0 Å². The number of nitrogens with one attached hydrogen (secondary N) is 4. The Morgan fingerprint density at radius 2 is 1.84 bits per heavy atom. The van der Waals surface area contributed by atoms with E-state index in [0.717, 1.165) is 0 Å². The summed E-state index contributed by atoms with van der Waals surface area (Å²) in [6, 6.07) is 8.31. The lowest BCUT2D eigenvalue weighted by atomic mass is 10.1. The summed E-state index contributed by atoms with van der Waals surface area (Å²) in [5.74, 6) is 1.60. The Balaban J connectivity index is 1.48. The predicted octanol–water partition coefficient (Wildman–Crippen LogP) is 3.16. The fourth-order valence-corrected chi connectivity index (χ4v) is 3.43. The van der Waals surface area contributed by atoms with Gasteiger partial charge in [0.1, 0.15) is 11.6 Å². The van der Waals surface area contributed by atoms with Gasteiger partial charge in [-0.25, -0.2) is 25.1 Å². The smallest absolute Gasteiger partial charge is 0.223 e. The fourth-order valence-electron chi connectivity index (χ4n) is 2.93. The molecular formula is C20H18Cl2N8O2. The van der Waals surface area contributed by atoms with Crippen molar-refractivity contribution in [3.05, 3.63) is 70.4 Å². The van der Waals surface area contributed by atoms with E-state index >= 15 is 0 Å². The SMILES string of the molecule is [O-][NH+](O)c1ccc(NCCNc2ncc(-c3ncc[nH]3)c(-c3ccc(Cl)cc3Cl)n2)nc1. The number of benzene rings is 1. The van der Waals surface area contributed by atoms with E-state index in [4.69, 9.17) is 28.4 Å². The molecule has 0 bridgehead atoms. The van der Waals surface area contributed by atoms with Crippen LogP contribution in [0.5, 0.6) is 0 Å². The standard InChI is InChI=1S/C20H18Cl2N8O2/c21-12-1-3-14(16(22)9-12)18-15(19-24-6-7-25-19)11-28-20(29-18)26-8-5-23-17-4-2-13(10-27-17)30(31)32/h1-4,6-7,9-11,30-31H,5,8H2,(H,23,27)(H,24,25)(H,26,28,29). The predicted molar refractivity (Wildman–Crippen MR) is 122 cm³/mol. The highest BCUT2D eigenvalue weighted by atomic mass is 35.5. The van der Waals surface area contributed by atoms with E-state index < -0.39 is 5.23 Å². The van der Waals surface area contributed by atoms with Crippen LogP contribution in [-0.2, 0) is 0 Å². The summed E-state index contributed by atoms with van der Waals surface area (Å²) in [6.45, 7) is 1.01. The molecule has 0 amide bonds. The van der Waals surface area contributed by atoms with Gasteiger partial charge in [-0.2, -0.15) is 5.23 Å². The summed E-state index contributed by atoms with van der Waals surface area (Å²) >= 11 is 12.5. The average molecular weight is 473 g/mol. The molecule has 0 radical (unpaired) electrons. The normalized spacial score (nSPS) is 11.9. The molecule has 1 aromatic carbocycles. The number of H-pyrrole nitrogens is 1. The summed E-state index contributed by atoms with van der Waals surface area (Å²) in [5, 5.41) is 26.1. The van der Waals surface area contributed by atoms with Crippen molar-refractivity contribution in [2.24, 2.45) is 0 Å². The molecule has 12 heteroatoms. The zero-order valence-corrected chi connectivity index (χ0v) is 18.0. The lowest BCUT2D eigenvalue weighted by Gasteiger charge is -2.13. The number of nitrogens with zero attached hydrogens (tertiary/aromatic N) is 4. The highest BCUT2D eigenvalue weighted by Crippen LogP contribution is 2.34. The number of quaternary nitrogens is 1. The van der Waals surface area contributed by atoms with Crippen LogP contribution in [-0.4, -0.2) is 43.2 Å². The summed E-state index contributed by atoms with van der Waals surface area (Å²) < 4.78 is 0. The first-order valence-corrected chi connectivity index (χ1v) is 10.3. The third-order valence-corrected chi connectivity index (χ3v) is 5.00. The molecule has 0 saturated carbocycles. The van der Waals surface area contributed by atoms with Crippen molar-refractivity contribution >= 4 is 40.7 Å². The van der Waals surface area contributed by atoms with Gasteiger partial charge in [0.15, 0.2) is 5.69 Å². The van der Waals surface area contributed by atoms with E-state index in [2.05, 4.69) is 35.6 Å². The van der Waals surface area contributed by atoms with Gasteiger partial charge < -0.3 is 20.8 Å². The maximum atomic E-state index is 10.9. The van der Waals surface area contributed by atoms with Crippen molar-refractivity contribution in [2.75, 3.05) is 23.7 Å². The van der Waals surface area contributed by atoms with E-state index in [0.29, 0.717) is 57.5 Å². The third kappa shape index (κ3) is 5.13. The van der Waals surface area contributed by atoms with Crippen LogP contribution in [0.3, 0.4) is 0 Å². The highest BCUT2D eigenvalue weighted by molar-refractivity contribution is 6.36. The number of anilines is 2. The van der Waals surface area contributed by atoms with Gasteiger partial charge in [0.25, 0.3) is 0 Å². The Labute approximate surface area is 192 Å². The first-order chi connectivity index (χ1) is 15.5. The number of aromatic amines is 1. The summed E-state index contributed by atoms with van der Waals surface area (Å²) in [7, 11) is 0. The molecular weight excluding hydrogens is 455 g/mol. The molecule has 0 aliphatic rings. The number of imidazole rings is 1. The van der Waals surface area contributed by atoms with Gasteiger partial charge in [-0.15, -0.1) is 0 Å². The zero-order chi connectivity index (χ0) is 22.5. The molecule has 0 aliphatic carbocycles. The van der Waals surface area contributed by atoms with E-state index in [9.17, 15) is 5.21 Å². The number of pyridine rings is 1. The van der Waals surface area contributed by atoms with E-state index in [1.54, 1.807) is 42.9 Å². The van der Waals surface area contributed by atoms with Crippen LogP contribution < -0.4 is 15.9 Å². The maximum Gasteiger partial charge on any atom is 0.223 e. The molecule has 3 heterocycles. The summed E-state index contributed by atoms with van der Waals surface area (Å²) in [4.78, 5) is 20.5. The largest absolute Gasteiger partial charge is 0.595 e. The molecule has 164 valence electrons. The molecule has 4 rings (SSSR count). The summed E-state index contributed by atoms with van der Waals surface area (Å²) in [6.07, 6.45) is 6.35. The number of hydrogen-bond donors (Lipinski definition) is 5. The maximum absolute atomic E-state index is 10.9. The number of rotatable bonds is 8. The number of aromatic nitrogens is 5. The van der Waals surface area contributed by atoms with Crippen molar-refractivity contribution in [3.8, 4) is 22.6 Å². The Hall–Kier alpha value is -3.28. The molecule has 0 fully saturated rings. The molecule has 0 saturated heterocycles. The lowest BCUT2D eigenvalue weighted by Crippen LogP contribution is -2.99. The van der Waals surface area contributed by atoms with Gasteiger partial charge >= 0.3 is 0 Å². The number of hydrogen-bond acceptors (Lipinski definition) is 8. The summed E-state index contributed by atoms with van der Waals surface area (Å²) in [5.41, 5.74) is 2.14. The second kappa shape index (κ2) is 9.90. The lowest BCUT2D eigenvalue weighted by molar-refractivity contribution is -0.991. The third-order valence-electron chi connectivity index (χ3n) is 4.45. The quantitative estimate of drug-likeness (QED) is 0.194. The van der Waals surface area contributed by atoms with Gasteiger partial charge in [-0.3, -0.25) is 0 Å². The number of halogens is 2. The topological polar surface area (TPSA) is 139 Å². The Kier molecular flexibility index (Phi) is 6.78. The van der Waals surface area contributed by atoms with Crippen molar-refractivity contribution in [1.82, 2.24) is 24.9 Å². The average Bonchev–Trinajstić information content (AvgIpc) is 3.32. The van der Waals surface area contributed by atoms with Crippen LogP contribution in [0, 0.1) is 5.21 Å². The van der Waals surface area contributed by atoms with Gasteiger partial charge in [0.05, 0.1) is 22.5 Å². The minimum absolute atomic E-state index is 0.132. The van der Waals surface area contributed by atoms with E-state index in [1.807, 2.05) is 0 Å². The highest BCUT2D eigenvalue weighted by Gasteiger charge is 2.16. The Bertz CT molecular complexity index is 1190. The van der Waals surface area contributed by atoms with Crippen LogP contribution in [0.1, 0.15) is 0 Å². The molecule has 5 N–H and O–H groups in total. The van der Waals surface area contributed by atoms with Crippen molar-refractivity contribution in [1.29, 1.82) is 0 Å². The first-order valence-electron chi connectivity index (χ1n) is 9.50. The Morgan fingerprint density at radius 3 is 2.53 bits per heavy atom. The van der Waals surface area contributed by atoms with Crippen LogP contribution in [0.25, 0.3) is 22.6 Å². The second-order valence-electron chi connectivity index (χ2n) is 6.61. The van der Waals surface area contributed by atoms with Crippen LogP contribution >= 0.6 is 23.2 Å². The van der Waals surface area contributed by atoms with Crippen molar-refractivity contribution in [3.63, 3.8) is 0 Å². The first kappa shape index (κ1) is 21.9. The molecule has 4 aromatic rings. The zero-order valence-electron chi connectivity index (χ0n) is 16.5. The molecule has 1 unspecified atom stereocenters. The van der Waals surface area contributed by atoms with Crippen molar-refractivity contribution < 1.29 is 10.4 Å². The van der Waals surface area contributed by atoms with Gasteiger partial charge in [0, 0.05) is 48.3 Å². The van der Waals surface area contributed by atoms with Gasteiger partial charge in [0.2, 0.25) is 5.95 Å². The van der Waals surface area contributed by atoms with Crippen molar-refractivity contribution in [2.45, 2.75) is 0 Å².